The SMILES string of the molecule is Cc1cccc(Oc2nccc(C)c2C#N)c1N. The number of ether oxygens (including phenoxy) is 1. The van der Waals surface area contributed by atoms with E-state index in [1.54, 1.807) is 18.3 Å². The third-order valence-electron chi connectivity index (χ3n) is 2.73. The number of aryl methyl sites for hydroxylation is 2. The molecule has 0 unspecified atom stereocenters. The fourth-order valence-electron chi connectivity index (χ4n) is 1.59. The van der Waals surface area contributed by atoms with Gasteiger partial charge in [0.15, 0.2) is 5.75 Å². The molecule has 0 spiro atoms. The van der Waals surface area contributed by atoms with E-state index in [-0.39, 0.29) is 5.88 Å². The molecular weight excluding hydrogens is 226 g/mol. The van der Waals surface area contributed by atoms with Crippen LogP contribution in [0.5, 0.6) is 11.6 Å². The molecule has 1 aromatic heterocycles. The Morgan fingerprint density at radius 2 is 2.00 bits per heavy atom. The van der Waals surface area contributed by atoms with Crippen molar-refractivity contribution in [3.8, 4) is 17.7 Å². The number of pyridine rings is 1. The molecule has 0 fully saturated rings. The molecule has 0 saturated carbocycles. The Kier molecular flexibility index (Phi) is 3.16. The zero-order valence-electron chi connectivity index (χ0n) is 10.3. The molecule has 0 atom stereocenters. The first-order valence-electron chi connectivity index (χ1n) is 5.52. The largest absolute Gasteiger partial charge is 0.435 e. The average molecular weight is 239 g/mol. The molecule has 4 nitrogen and oxygen atoms in total. The van der Waals surface area contributed by atoms with Crippen LogP contribution in [0.4, 0.5) is 5.69 Å². The predicted molar refractivity (Wildman–Crippen MR) is 69.4 cm³/mol. The summed E-state index contributed by atoms with van der Waals surface area (Å²) in [4.78, 5) is 4.08. The van der Waals surface area contributed by atoms with Crippen molar-refractivity contribution >= 4 is 5.69 Å². The van der Waals surface area contributed by atoms with Crippen LogP contribution in [0, 0.1) is 25.2 Å². The van der Waals surface area contributed by atoms with Crippen molar-refractivity contribution in [3.63, 3.8) is 0 Å². The third-order valence-corrected chi connectivity index (χ3v) is 2.73. The molecule has 2 N–H and O–H groups in total. The number of para-hydroxylation sites is 1. The molecule has 0 bridgehead atoms. The molecule has 2 rings (SSSR count). The Hall–Kier alpha value is -2.54. The number of rotatable bonds is 2. The topological polar surface area (TPSA) is 71.9 Å². The second-order valence-corrected chi connectivity index (χ2v) is 4.01. The van der Waals surface area contributed by atoms with Gasteiger partial charge in [0.05, 0.1) is 5.69 Å². The standard InChI is InChI=1S/C14H13N3O/c1-9-6-7-17-14(11(9)8-15)18-12-5-3-4-10(2)13(12)16/h3-7H,16H2,1-2H3. The smallest absolute Gasteiger partial charge is 0.237 e. The maximum absolute atomic E-state index is 9.10. The molecule has 0 aliphatic rings. The van der Waals surface area contributed by atoms with E-state index in [0.29, 0.717) is 17.0 Å². The van der Waals surface area contributed by atoms with Crippen LogP contribution in [0.1, 0.15) is 16.7 Å². The minimum Gasteiger partial charge on any atom is -0.435 e. The molecule has 1 aromatic carbocycles. The number of nitrogen functional groups attached to an aromatic ring is 1. The number of aromatic nitrogens is 1. The van der Waals surface area contributed by atoms with Crippen molar-refractivity contribution in [2.45, 2.75) is 13.8 Å². The van der Waals surface area contributed by atoms with Crippen molar-refractivity contribution in [2.24, 2.45) is 0 Å². The van der Waals surface area contributed by atoms with Gasteiger partial charge in [0.1, 0.15) is 11.6 Å². The molecule has 1 heterocycles. The number of anilines is 1. The summed E-state index contributed by atoms with van der Waals surface area (Å²) in [5.41, 5.74) is 8.67. The third kappa shape index (κ3) is 2.11. The van der Waals surface area contributed by atoms with Crippen molar-refractivity contribution in [1.82, 2.24) is 4.98 Å². The monoisotopic (exact) mass is 239 g/mol. The van der Waals surface area contributed by atoms with E-state index in [0.717, 1.165) is 11.1 Å². The van der Waals surface area contributed by atoms with Gasteiger partial charge in [-0.2, -0.15) is 5.26 Å². The van der Waals surface area contributed by atoms with E-state index in [1.165, 1.54) is 0 Å². The Morgan fingerprint density at radius 3 is 2.72 bits per heavy atom. The Labute approximate surface area is 106 Å². The summed E-state index contributed by atoms with van der Waals surface area (Å²) in [6.45, 7) is 3.74. The number of nitrogens with two attached hydrogens (primary N) is 1. The first-order valence-corrected chi connectivity index (χ1v) is 5.52. The van der Waals surface area contributed by atoms with Crippen LogP contribution in [0.25, 0.3) is 0 Å². The molecule has 0 saturated heterocycles. The molecule has 18 heavy (non-hydrogen) atoms. The lowest BCUT2D eigenvalue weighted by Crippen LogP contribution is -1.98. The van der Waals surface area contributed by atoms with Crippen LogP contribution < -0.4 is 10.5 Å². The number of hydrogen-bond donors (Lipinski definition) is 1. The summed E-state index contributed by atoms with van der Waals surface area (Å²) in [6.07, 6.45) is 1.61. The zero-order valence-corrected chi connectivity index (χ0v) is 10.3. The highest BCUT2D eigenvalue weighted by Gasteiger charge is 2.11. The molecule has 0 aliphatic carbocycles. The highest BCUT2D eigenvalue weighted by molar-refractivity contribution is 5.59. The number of nitriles is 1. The molecule has 4 heteroatoms. The van der Waals surface area contributed by atoms with Gasteiger partial charge in [0.2, 0.25) is 5.88 Å². The first kappa shape index (κ1) is 11.9. The maximum atomic E-state index is 9.10. The minimum atomic E-state index is 0.287. The van der Waals surface area contributed by atoms with Crippen LogP contribution in [0.3, 0.4) is 0 Å². The van der Waals surface area contributed by atoms with Gasteiger partial charge in [-0.25, -0.2) is 4.98 Å². The van der Waals surface area contributed by atoms with Gasteiger partial charge in [0.25, 0.3) is 0 Å². The number of hydrogen-bond acceptors (Lipinski definition) is 4. The minimum absolute atomic E-state index is 0.287. The van der Waals surface area contributed by atoms with E-state index in [4.69, 9.17) is 15.7 Å². The van der Waals surface area contributed by atoms with Crippen molar-refractivity contribution < 1.29 is 4.74 Å². The second kappa shape index (κ2) is 4.76. The van der Waals surface area contributed by atoms with E-state index in [1.807, 2.05) is 26.0 Å². The lowest BCUT2D eigenvalue weighted by molar-refractivity contribution is 0.462. The van der Waals surface area contributed by atoms with Gasteiger partial charge in [-0.1, -0.05) is 12.1 Å². The summed E-state index contributed by atoms with van der Waals surface area (Å²) >= 11 is 0. The first-order chi connectivity index (χ1) is 8.63. The zero-order chi connectivity index (χ0) is 13.1. The highest BCUT2D eigenvalue weighted by atomic mass is 16.5. The lowest BCUT2D eigenvalue weighted by atomic mass is 10.1. The van der Waals surface area contributed by atoms with Gasteiger partial charge >= 0.3 is 0 Å². The Balaban J connectivity index is 2.44. The predicted octanol–water partition coefficient (Wildman–Crippen LogP) is 2.94. The maximum Gasteiger partial charge on any atom is 0.237 e. The van der Waals surface area contributed by atoms with E-state index in [2.05, 4.69) is 11.1 Å². The van der Waals surface area contributed by atoms with E-state index in [9.17, 15) is 0 Å². The van der Waals surface area contributed by atoms with Crippen LogP contribution in [-0.4, -0.2) is 4.98 Å². The van der Waals surface area contributed by atoms with Gasteiger partial charge in [-0.15, -0.1) is 0 Å². The van der Waals surface area contributed by atoms with Gasteiger partial charge < -0.3 is 10.5 Å². The van der Waals surface area contributed by atoms with Gasteiger partial charge in [0, 0.05) is 6.20 Å². The summed E-state index contributed by atoms with van der Waals surface area (Å²) < 4.78 is 5.63. The van der Waals surface area contributed by atoms with Crippen LogP contribution in [0.2, 0.25) is 0 Å². The van der Waals surface area contributed by atoms with E-state index >= 15 is 0 Å². The molecule has 0 aliphatic heterocycles. The fraction of sp³-hybridized carbons (Fsp3) is 0.143. The summed E-state index contributed by atoms with van der Waals surface area (Å²) in [5.74, 6) is 0.805. The summed E-state index contributed by atoms with van der Waals surface area (Å²) in [6, 6.07) is 9.37. The van der Waals surface area contributed by atoms with Gasteiger partial charge in [-0.3, -0.25) is 0 Å². The molecule has 0 amide bonds. The fourth-order valence-corrected chi connectivity index (χ4v) is 1.59. The lowest BCUT2D eigenvalue weighted by Gasteiger charge is -2.10. The van der Waals surface area contributed by atoms with Crippen molar-refractivity contribution in [2.75, 3.05) is 5.73 Å². The van der Waals surface area contributed by atoms with Crippen molar-refractivity contribution in [3.05, 3.63) is 47.2 Å². The Bertz CT molecular complexity index is 629. The second-order valence-electron chi connectivity index (χ2n) is 4.01. The van der Waals surface area contributed by atoms with Crippen LogP contribution >= 0.6 is 0 Å². The number of nitrogens with zero attached hydrogens (tertiary/aromatic N) is 2. The van der Waals surface area contributed by atoms with Gasteiger partial charge in [-0.05, 0) is 37.1 Å². The molecule has 2 aromatic rings. The van der Waals surface area contributed by atoms with Crippen LogP contribution in [0.15, 0.2) is 30.5 Å². The van der Waals surface area contributed by atoms with E-state index < -0.39 is 0 Å². The normalized spacial score (nSPS) is 9.83. The molecular formula is C14H13N3O. The average Bonchev–Trinajstić information content (AvgIpc) is 2.35. The number of benzene rings is 1. The summed E-state index contributed by atoms with van der Waals surface area (Å²) in [7, 11) is 0. The summed E-state index contributed by atoms with van der Waals surface area (Å²) in [5, 5.41) is 9.10. The van der Waals surface area contributed by atoms with Crippen molar-refractivity contribution in [1.29, 1.82) is 5.26 Å². The Morgan fingerprint density at radius 1 is 1.22 bits per heavy atom. The quantitative estimate of drug-likeness (QED) is 0.818. The molecule has 0 radical (unpaired) electrons. The van der Waals surface area contributed by atoms with Crippen LogP contribution in [-0.2, 0) is 0 Å². The highest BCUT2D eigenvalue weighted by Crippen LogP contribution is 2.30. The molecule has 90 valence electrons.